The first-order valence-corrected chi connectivity index (χ1v) is 7.05. The molecule has 1 aromatic carbocycles. The van der Waals surface area contributed by atoms with Crippen LogP contribution in [0.25, 0.3) is 0 Å². The summed E-state index contributed by atoms with van der Waals surface area (Å²) in [6.45, 7) is 0.395. The van der Waals surface area contributed by atoms with Crippen LogP contribution >= 0.6 is 0 Å². The third-order valence-electron chi connectivity index (χ3n) is 2.63. The number of ether oxygens (including phenoxy) is 1. The number of nitrogens with zero attached hydrogens (tertiary/aromatic N) is 1. The summed E-state index contributed by atoms with van der Waals surface area (Å²) in [5.74, 6) is -0.0408. The van der Waals surface area contributed by atoms with Gasteiger partial charge in [-0.15, -0.1) is 0 Å². The van der Waals surface area contributed by atoms with Crippen LogP contribution in [0.1, 0.15) is 5.56 Å². The monoisotopic (exact) mass is 270 g/mol. The van der Waals surface area contributed by atoms with Crippen LogP contribution in [0.3, 0.4) is 0 Å². The van der Waals surface area contributed by atoms with Gasteiger partial charge in [-0.3, -0.25) is 0 Å². The van der Waals surface area contributed by atoms with E-state index < -0.39 is 16.1 Å². The molecule has 0 bridgehead atoms. The second-order valence-corrected chi connectivity index (χ2v) is 6.02. The highest BCUT2D eigenvalue weighted by Crippen LogP contribution is 2.25. The van der Waals surface area contributed by atoms with Gasteiger partial charge >= 0.3 is 6.09 Å². The fourth-order valence-corrected chi connectivity index (χ4v) is 3.38. The summed E-state index contributed by atoms with van der Waals surface area (Å²) in [6, 6.07) is 8.66. The molecule has 0 aromatic heterocycles. The van der Waals surface area contributed by atoms with Crippen molar-refractivity contribution in [3.05, 3.63) is 35.9 Å². The van der Waals surface area contributed by atoms with Crippen molar-refractivity contribution < 1.29 is 17.9 Å². The van der Waals surface area contributed by atoms with E-state index in [4.69, 9.17) is 5.73 Å². The van der Waals surface area contributed by atoms with Crippen LogP contribution < -0.4 is 5.73 Å². The number of nitrogens with two attached hydrogens (primary N) is 1. The highest BCUT2D eigenvalue weighted by atomic mass is 32.2. The van der Waals surface area contributed by atoms with Crippen LogP contribution in [0.4, 0.5) is 4.79 Å². The third-order valence-corrected chi connectivity index (χ3v) is 4.49. The Labute approximate surface area is 105 Å². The average Bonchev–Trinajstić information content (AvgIpc) is 3.07. The molecule has 7 heteroatoms. The molecular formula is C11H14N2O4S. The van der Waals surface area contributed by atoms with Crippen LogP contribution in [-0.2, 0) is 20.5 Å². The summed E-state index contributed by atoms with van der Waals surface area (Å²) in [4.78, 5) is 10.4. The zero-order valence-corrected chi connectivity index (χ0v) is 10.5. The molecule has 1 aliphatic rings. The Bertz CT molecular complexity index is 529. The number of hydrogen-bond donors (Lipinski definition) is 1. The van der Waals surface area contributed by atoms with Gasteiger partial charge in [-0.05, 0) is 5.56 Å². The molecule has 1 fully saturated rings. The molecule has 18 heavy (non-hydrogen) atoms. The zero-order chi connectivity index (χ0) is 13.2. The predicted molar refractivity (Wildman–Crippen MR) is 65.1 cm³/mol. The maximum Gasteiger partial charge on any atom is 0.404 e. The van der Waals surface area contributed by atoms with Crippen molar-refractivity contribution >= 4 is 16.1 Å². The van der Waals surface area contributed by atoms with Gasteiger partial charge < -0.3 is 10.5 Å². The molecule has 1 heterocycles. The Morgan fingerprint density at radius 3 is 2.67 bits per heavy atom. The molecular weight excluding hydrogens is 256 g/mol. The van der Waals surface area contributed by atoms with Crippen molar-refractivity contribution in [3.8, 4) is 0 Å². The SMILES string of the molecule is NC(=O)OCC1CN1S(=O)(=O)Cc1ccccc1. The second-order valence-electron chi connectivity index (χ2n) is 4.10. The van der Waals surface area contributed by atoms with E-state index in [0.717, 1.165) is 5.56 Å². The first kappa shape index (κ1) is 12.8. The summed E-state index contributed by atoms with van der Waals surface area (Å²) in [5.41, 5.74) is 5.55. The largest absolute Gasteiger partial charge is 0.448 e. The fraction of sp³-hybridized carbons (Fsp3) is 0.364. The summed E-state index contributed by atoms with van der Waals surface area (Å²) < 4.78 is 29.8. The summed E-state index contributed by atoms with van der Waals surface area (Å²) >= 11 is 0. The molecule has 0 spiro atoms. The predicted octanol–water partition coefficient (Wildman–Crippen LogP) is 0.296. The van der Waals surface area contributed by atoms with E-state index in [9.17, 15) is 13.2 Å². The molecule has 0 radical (unpaired) electrons. The smallest absolute Gasteiger partial charge is 0.404 e. The van der Waals surface area contributed by atoms with E-state index >= 15 is 0 Å². The van der Waals surface area contributed by atoms with Gasteiger partial charge in [0.05, 0.1) is 11.8 Å². The van der Waals surface area contributed by atoms with Gasteiger partial charge in [0.25, 0.3) is 0 Å². The van der Waals surface area contributed by atoms with Crippen LogP contribution in [0.2, 0.25) is 0 Å². The zero-order valence-electron chi connectivity index (χ0n) is 9.65. The van der Waals surface area contributed by atoms with Crippen LogP contribution in [0.5, 0.6) is 0 Å². The molecule has 98 valence electrons. The van der Waals surface area contributed by atoms with Crippen molar-refractivity contribution in [1.82, 2.24) is 4.31 Å². The van der Waals surface area contributed by atoms with E-state index in [2.05, 4.69) is 4.74 Å². The molecule has 1 amide bonds. The van der Waals surface area contributed by atoms with Crippen molar-refractivity contribution in [2.75, 3.05) is 13.2 Å². The Balaban J connectivity index is 1.92. The second kappa shape index (κ2) is 4.95. The first-order valence-electron chi connectivity index (χ1n) is 5.45. The Morgan fingerprint density at radius 2 is 2.06 bits per heavy atom. The first-order chi connectivity index (χ1) is 8.49. The number of amides is 1. The molecule has 1 aliphatic heterocycles. The maximum absolute atomic E-state index is 12.0. The molecule has 1 aromatic rings. The normalized spacial score (nSPS) is 22.4. The van der Waals surface area contributed by atoms with Gasteiger partial charge in [0.15, 0.2) is 0 Å². The average molecular weight is 270 g/mol. The number of primary amides is 1. The third kappa shape index (κ3) is 3.21. The van der Waals surface area contributed by atoms with E-state index in [-0.39, 0.29) is 18.4 Å². The Kier molecular flexibility index (Phi) is 3.53. The van der Waals surface area contributed by atoms with E-state index in [1.807, 2.05) is 6.07 Å². The van der Waals surface area contributed by atoms with Crippen LogP contribution in [0, 0.1) is 0 Å². The highest BCUT2D eigenvalue weighted by Gasteiger charge is 2.44. The topological polar surface area (TPSA) is 89.5 Å². The van der Waals surface area contributed by atoms with E-state index in [0.29, 0.717) is 6.54 Å². The minimum atomic E-state index is -3.34. The molecule has 2 N–H and O–H groups in total. The summed E-state index contributed by atoms with van der Waals surface area (Å²) in [5, 5.41) is 0. The van der Waals surface area contributed by atoms with Gasteiger partial charge in [-0.2, -0.15) is 4.31 Å². The highest BCUT2D eigenvalue weighted by molar-refractivity contribution is 7.88. The van der Waals surface area contributed by atoms with Gasteiger partial charge in [-0.1, -0.05) is 30.3 Å². The molecule has 0 saturated carbocycles. The van der Waals surface area contributed by atoms with E-state index in [1.54, 1.807) is 24.3 Å². The summed E-state index contributed by atoms with van der Waals surface area (Å²) in [6.07, 6.45) is -0.887. The van der Waals surface area contributed by atoms with Crippen LogP contribution in [-0.4, -0.2) is 38.0 Å². The number of rotatable bonds is 5. The lowest BCUT2D eigenvalue weighted by Gasteiger charge is -2.06. The molecule has 2 unspecified atom stereocenters. The lowest BCUT2D eigenvalue weighted by atomic mass is 10.2. The van der Waals surface area contributed by atoms with Gasteiger partial charge in [0.1, 0.15) is 6.61 Å². The number of sulfonamides is 1. The van der Waals surface area contributed by atoms with Gasteiger partial charge in [0, 0.05) is 6.54 Å². The van der Waals surface area contributed by atoms with Crippen molar-refractivity contribution in [2.24, 2.45) is 5.73 Å². The number of benzene rings is 1. The number of carbonyl (C=O) groups excluding carboxylic acids is 1. The van der Waals surface area contributed by atoms with Gasteiger partial charge in [-0.25, -0.2) is 13.2 Å². The number of hydrogen-bond acceptors (Lipinski definition) is 4. The quantitative estimate of drug-likeness (QED) is 0.779. The lowest BCUT2D eigenvalue weighted by Crippen LogP contribution is -2.21. The summed E-state index contributed by atoms with van der Waals surface area (Å²) in [7, 11) is -3.34. The minimum absolute atomic E-state index is 0.0172. The van der Waals surface area contributed by atoms with Crippen LogP contribution in [0.15, 0.2) is 30.3 Å². The van der Waals surface area contributed by atoms with Crippen molar-refractivity contribution in [3.63, 3.8) is 0 Å². The fourth-order valence-electron chi connectivity index (χ4n) is 1.68. The van der Waals surface area contributed by atoms with Gasteiger partial charge in [0.2, 0.25) is 10.0 Å². The lowest BCUT2D eigenvalue weighted by molar-refractivity contribution is 0.155. The molecule has 0 aliphatic carbocycles. The minimum Gasteiger partial charge on any atom is -0.448 e. The Hall–Kier alpha value is -1.60. The van der Waals surface area contributed by atoms with Crippen molar-refractivity contribution in [2.45, 2.75) is 11.8 Å². The molecule has 2 atom stereocenters. The van der Waals surface area contributed by atoms with Crippen molar-refractivity contribution in [1.29, 1.82) is 0 Å². The Morgan fingerprint density at radius 1 is 1.39 bits per heavy atom. The molecule has 6 nitrogen and oxygen atoms in total. The number of carbonyl (C=O) groups is 1. The maximum atomic E-state index is 12.0. The molecule has 1 saturated heterocycles. The van der Waals surface area contributed by atoms with E-state index in [1.165, 1.54) is 4.31 Å². The standard InChI is InChI=1S/C11H14N2O4S/c12-11(14)17-7-10-6-13(10)18(15,16)8-9-4-2-1-3-5-9/h1-5,10H,6-8H2,(H2,12,14). The molecule has 2 rings (SSSR count).